The Morgan fingerprint density at radius 3 is 2.63 bits per heavy atom. The highest BCUT2D eigenvalue weighted by Gasteiger charge is 2.15. The normalized spacial score (nSPS) is 11.8. The Morgan fingerprint density at radius 2 is 1.89 bits per heavy atom. The van der Waals surface area contributed by atoms with E-state index in [0.29, 0.717) is 18.0 Å². The number of para-hydroxylation sites is 2. The molecular formula is C19H19FN4O3. The molecule has 2 aromatic carbocycles. The molecule has 140 valence electrons. The second-order valence-electron chi connectivity index (χ2n) is 5.95. The van der Waals surface area contributed by atoms with Crippen LogP contribution in [0, 0.1) is 5.82 Å². The molecular weight excluding hydrogens is 351 g/mol. The molecule has 1 atom stereocenters. The van der Waals surface area contributed by atoms with Gasteiger partial charge in [-0.3, -0.25) is 20.4 Å². The number of H-pyrrole nitrogens is 1. The minimum absolute atomic E-state index is 0.160. The largest absolute Gasteiger partial charge is 0.481 e. The summed E-state index contributed by atoms with van der Waals surface area (Å²) < 4.78 is 18.2. The van der Waals surface area contributed by atoms with Gasteiger partial charge in [-0.05, 0) is 43.3 Å². The van der Waals surface area contributed by atoms with E-state index in [2.05, 4.69) is 20.8 Å². The first-order valence-electron chi connectivity index (χ1n) is 8.46. The average molecular weight is 370 g/mol. The number of benzene rings is 2. The number of amides is 2. The number of carbonyl (C=O) groups excluding carboxylic acids is 2. The molecule has 0 saturated heterocycles. The van der Waals surface area contributed by atoms with Gasteiger partial charge in [0.1, 0.15) is 17.4 Å². The van der Waals surface area contributed by atoms with E-state index in [9.17, 15) is 14.0 Å². The summed E-state index contributed by atoms with van der Waals surface area (Å²) >= 11 is 0. The maximum atomic E-state index is 12.9. The lowest BCUT2D eigenvalue weighted by Gasteiger charge is -2.15. The lowest BCUT2D eigenvalue weighted by atomic mass is 10.3. The number of hydrogen-bond donors (Lipinski definition) is 3. The number of aromatic nitrogens is 2. The number of aryl methyl sites for hydroxylation is 1. The van der Waals surface area contributed by atoms with Crippen molar-refractivity contribution in [3.63, 3.8) is 0 Å². The van der Waals surface area contributed by atoms with Crippen LogP contribution in [-0.4, -0.2) is 27.9 Å². The first-order chi connectivity index (χ1) is 13.0. The number of rotatable bonds is 6. The predicted octanol–water partition coefficient (Wildman–Crippen LogP) is 2.25. The third-order valence-electron chi connectivity index (χ3n) is 3.85. The Bertz CT molecular complexity index is 907. The molecule has 7 nitrogen and oxygen atoms in total. The van der Waals surface area contributed by atoms with Crippen LogP contribution in [0.5, 0.6) is 5.75 Å². The third-order valence-corrected chi connectivity index (χ3v) is 3.85. The quantitative estimate of drug-likeness (QED) is 0.580. The summed E-state index contributed by atoms with van der Waals surface area (Å²) in [6.45, 7) is 1.53. The number of aromatic amines is 1. The van der Waals surface area contributed by atoms with Gasteiger partial charge in [-0.25, -0.2) is 9.37 Å². The van der Waals surface area contributed by atoms with Crippen molar-refractivity contribution in [1.29, 1.82) is 0 Å². The van der Waals surface area contributed by atoms with Crippen LogP contribution in [0.4, 0.5) is 4.39 Å². The van der Waals surface area contributed by atoms with E-state index < -0.39 is 17.8 Å². The number of ether oxygens (including phenoxy) is 1. The predicted molar refractivity (Wildman–Crippen MR) is 97.2 cm³/mol. The molecule has 0 bridgehead atoms. The van der Waals surface area contributed by atoms with Crippen LogP contribution in [0.15, 0.2) is 48.5 Å². The number of nitrogens with zero attached hydrogens (tertiary/aromatic N) is 1. The van der Waals surface area contributed by atoms with Gasteiger partial charge in [0.25, 0.3) is 5.91 Å². The molecule has 1 unspecified atom stereocenters. The molecule has 0 aliphatic rings. The highest BCUT2D eigenvalue weighted by molar-refractivity contribution is 5.84. The highest BCUT2D eigenvalue weighted by atomic mass is 19.1. The summed E-state index contributed by atoms with van der Waals surface area (Å²) in [6, 6.07) is 12.9. The van der Waals surface area contributed by atoms with Crippen LogP contribution in [-0.2, 0) is 16.0 Å². The minimum Gasteiger partial charge on any atom is -0.481 e. The first kappa shape index (κ1) is 18.4. The van der Waals surface area contributed by atoms with Crippen LogP contribution >= 0.6 is 0 Å². The molecule has 0 aliphatic carbocycles. The number of hydrogen-bond acceptors (Lipinski definition) is 4. The van der Waals surface area contributed by atoms with Crippen molar-refractivity contribution in [2.75, 3.05) is 0 Å². The van der Waals surface area contributed by atoms with Gasteiger partial charge in [-0.15, -0.1) is 0 Å². The second-order valence-corrected chi connectivity index (χ2v) is 5.95. The molecule has 3 aromatic rings. The molecule has 2 amide bonds. The minimum atomic E-state index is -0.855. The molecule has 0 saturated carbocycles. The Hall–Kier alpha value is -3.42. The zero-order valence-electron chi connectivity index (χ0n) is 14.7. The van der Waals surface area contributed by atoms with E-state index in [1.54, 1.807) is 0 Å². The Kier molecular flexibility index (Phi) is 5.65. The zero-order chi connectivity index (χ0) is 19.2. The maximum Gasteiger partial charge on any atom is 0.279 e. The summed E-state index contributed by atoms with van der Waals surface area (Å²) in [5.41, 5.74) is 6.40. The topological polar surface area (TPSA) is 96.1 Å². The van der Waals surface area contributed by atoms with Gasteiger partial charge in [0.05, 0.1) is 11.0 Å². The fourth-order valence-electron chi connectivity index (χ4n) is 2.42. The standard InChI is InChI=1S/C19H19FN4O3/c1-12(27-14-8-6-13(20)7-9-14)19(26)24-23-18(25)11-10-17-21-15-4-2-3-5-16(15)22-17/h2-9,12H,10-11H2,1H3,(H,21,22)(H,23,25)(H,24,26). The van der Waals surface area contributed by atoms with Crippen molar-refractivity contribution in [2.45, 2.75) is 25.9 Å². The van der Waals surface area contributed by atoms with Crippen molar-refractivity contribution < 1.29 is 18.7 Å². The number of imidazole rings is 1. The average Bonchev–Trinajstić information content (AvgIpc) is 3.09. The third kappa shape index (κ3) is 5.04. The molecule has 1 heterocycles. The first-order valence-corrected chi connectivity index (χ1v) is 8.46. The SMILES string of the molecule is CC(Oc1ccc(F)cc1)C(=O)NNC(=O)CCc1nc2ccccc2[nH]1. The summed E-state index contributed by atoms with van der Waals surface area (Å²) in [5, 5.41) is 0. The highest BCUT2D eigenvalue weighted by Crippen LogP contribution is 2.13. The fourth-order valence-corrected chi connectivity index (χ4v) is 2.42. The van der Waals surface area contributed by atoms with Crippen LogP contribution in [0.2, 0.25) is 0 Å². The summed E-state index contributed by atoms with van der Waals surface area (Å²) in [7, 11) is 0. The van der Waals surface area contributed by atoms with Crippen LogP contribution < -0.4 is 15.6 Å². The van der Waals surface area contributed by atoms with Gasteiger partial charge >= 0.3 is 0 Å². The molecule has 3 N–H and O–H groups in total. The Balaban J connectivity index is 1.42. The molecule has 0 radical (unpaired) electrons. The zero-order valence-corrected chi connectivity index (χ0v) is 14.7. The number of carbonyl (C=O) groups is 2. The maximum absolute atomic E-state index is 12.9. The van der Waals surface area contributed by atoms with Gasteiger partial charge in [0, 0.05) is 12.8 Å². The summed E-state index contributed by atoms with van der Waals surface area (Å²) in [5.74, 6) is -0.202. The van der Waals surface area contributed by atoms with Crippen molar-refractivity contribution in [2.24, 2.45) is 0 Å². The number of halogens is 1. The smallest absolute Gasteiger partial charge is 0.279 e. The van der Waals surface area contributed by atoms with Crippen molar-refractivity contribution in [3.05, 3.63) is 60.2 Å². The molecule has 3 rings (SSSR count). The van der Waals surface area contributed by atoms with E-state index in [4.69, 9.17) is 4.74 Å². The Morgan fingerprint density at radius 1 is 1.15 bits per heavy atom. The van der Waals surface area contributed by atoms with Gasteiger partial charge in [-0.2, -0.15) is 0 Å². The van der Waals surface area contributed by atoms with Crippen LogP contribution in [0.25, 0.3) is 11.0 Å². The van der Waals surface area contributed by atoms with Crippen LogP contribution in [0.1, 0.15) is 19.2 Å². The van der Waals surface area contributed by atoms with Gasteiger partial charge in [0.15, 0.2) is 6.10 Å². The van der Waals surface area contributed by atoms with E-state index in [0.717, 1.165) is 11.0 Å². The van der Waals surface area contributed by atoms with Gasteiger partial charge in [0.2, 0.25) is 5.91 Å². The van der Waals surface area contributed by atoms with E-state index in [1.165, 1.54) is 31.2 Å². The lowest BCUT2D eigenvalue weighted by Crippen LogP contribution is -2.47. The molecule has 0 aliphatic heterocycles. The van der Waals surface area contributed by atoms with Crippen molar-refractivity contribution in [1.82, 2.24) is 20.8 Å². The lowest BCUT2D eigenvalue weighted by molar-refractivity contribution is -0.132. The number of hydrazine groups is 1. The number of nitrogens with one attached hydrogen (secondary N) is 3. The summed E-state index contributed by atoms with van der Waals surface area (Å²) in [6.07, 6.45) is -0.281. The number of fused-ring (bicyclic) bond motifs is 1. The van der Waals surface area contributed by atoms with Gasteiger partial charge in [-0.1, -0.05) is 12.1 Å². The molecule has 8 heteroatoms. The molecule has 27 heavy (non-hydrogen) atoms. The van der Waals surface area contributed by atoms with E-state index >= 15 is 0 Å². The second kappa shape index (κ2) is 8.31. The van der Waals surface area contributed by atoms with Gasteiger partial charge < -0.3 is 9.72 Å². The fraction of sp³-hybridized carbons (Fsp3) is 0.211. The van der Waals surface area contributed by atoms with E-state index in [-0.39, 0.29) is 12.3 Å². The molecule has 1 aromatic heterocycles. The Labute approximate surface area is 154 Å². The van der Waals surface area contributed by atoms with Crippen molar-refractivity contribution in [3.8, 4) is 5.75 Å². The van der Waals surface area contributed by atoms with Crippen LogP contribution in [0.3, 0.4) is 0 Å². The summed E-state index contributed by atoms with van der Waals surface area (Å²) in [4.78, 5) is 31.4. The molecule has 0 spiro atoms. The van der Waals surface area contributed by atoms with E-state index in [1.807, 2.05) is 24.3 Å². The monoisotopic (exact) mass is 370 g/mol. The van der Waals surface area contributed by atoms with Crippen molar-refractivity contribution >= 4 is 22.8 Å². The molecule has 0 fully saturated rings.